The fraction of sp³-hybridized carbons (Fsp3) is 0.455. The van der Waals surface area contributed by atoms with E-state index < -0.39 is 0 Å². The van der Waals surface area contributed by atoms with Gasteiger partial charge in [-0.15, -0.1) is 0 Å². The lowest BCUT2D eigenvalue weighted by Crippen LogP contribution is -2.31. The maximum Gasteiger partial charge on any atom is 0.177 e. The molecule has 3 aromatic rings. The largest absolute Gasteiger partial charge is 0.339 e. The maximum absolute atomic E-state index is 6.32. The zero-order chi connectivity index (χ0) is 20.1. The molecule has 1 N–H and O–H groups in total. The van der Waals surface area contributed by atoms with Crippen LogP contribution in [-0.2, 0) is 6.54 Å². The topological polar surface area (TPSA) is 48.1 Å². The molecule has 0 amide bonds. The quantitative estimate of drug-likeness (QED) is 0.619. The minimum atomic E-state index is 0.292. The van der Waals surface area contributed by atoms with Gasteiger partial charge in [0.05, 0.1) is 11.6 Å². The van der Waals surface area contributed by atoms with Crippen LogP contribution in [0, 0.1) is 17.8 Å². The summed E-state index contributed by atoms with van der Waals surface area (Å²) in [6.45, 7) is 6.47. The van der Waals surface area contributed by atoms with E-state index in [1.807, 2.05) is 30.3 Å². The predicted octanol–water partition coefficient (Wildman–Crippen LogP) is 4.64. The van der Waals surface area contributed by atoms with Crippen molar-refractivity contribution in [2.45, 2.75) is 19.5 Å². The van der Waals surface area contributed by atoms with Crippen LogP contribution in [-0.4, -0.2) is 51.4 Å². The van der Waals surface area contributed by atoms with Gasteiger partial charge in [-0.05, 0) is 67.6 Å². The van der Waals surface area contributed by atoms with E-state index in [0.717, 1.165) is 76.5 Å². The molecule has 2 fully saturated rings. The van der Waals surface area contributed by atoms with Crippen molar-refractivity contribution in [1.82, 2.24) is 24.8 Å². The lowest BCUT2D eigenvalue weighted by Gasteiger charge is -2.26. The van der Waals surface area contributed by atoms with Crippen LogP contribution in [0.2, 0.25) is 10.0 Å². The van der Waals surface area contributed by atoms with Gasteiger partial charge in [-0.3, -0.25) is 4.90 Å². The van der Waals surface area contributed by atoms with Crippen molar-refractivity contribution in [3.8, 4) is 0 Å². The molecule has 29 heavy (non-hydrogen) atoms. The molecule has 1 aromatic carbocycles. The first-order chi connectivity index (χ1) is 14.0. The first-order valence-corrected chi connectivity index (χ1v) is 10.9. The van der Waals surface area contributed by atoms with Crippen molar-refractivity contribution < 1.29 is 0 Å². The summed E-state index contributed by atoms with van der Waals surface area (Å²) in [5, 5.41) is 1.53. The van der Waals surface area contributed by atoms with Crippen molar-refractivity contribution in [1.29, 1.82) is 0 Å². The molecule has 2 unspecified atom stereocenters. The lowest BCUT2D eigenvalue weighted by atomic mass is 10.1. The Morgan fingerprint density at radius 3 is 2.79 bits per heavy atom. The van der Waals surface area contributed by atoms with Crippen LogP contribution in [0.1, 0.15) is 24.4 Å². The highest BCUT2D eigenvalue weighted by Gasteiger charge is 2.56. The van der Waals surface area contributed by atoms with E-state index in [1.54, 1.807) is 6.20 Å². The number of H-pyrrole nitrogens is 1. The molecule has 1 saturated carbocycles. The molecule has 2 aliphatic rings. The summed E-state index contributed by atoms with van der Waals surface area (Å²) in [7, 11) is 2.17. The molecule has 3 heterocycles. The molecule has 5 nitrogen and oxygen atoms in total. The highest BCUT2D eigenvalue weighted by Crippen LogP contribution is 2.53. The summed E-state index contributed by atoms with van der Waals surface area (Å²) in [4.78, 5) is 17.4. The number of likely N-dealkylation sites (tertiary alicyclic amines) is 1. The van der Waals surface area contributed by atoms with Crippen LogP contribution in [0.15, 0.2) is 36.5 Å². The van der Waals surface area contributed by atoms with E-state index in [-0.39, 0.29) is 0 Å². The Hall–Kier alpha value is -1.66. The Balaban J connectivity index is 1.16. The fourth-order valence-electron chi connectivity index (χ4n) is 4.88. The van der Waals surface area contributed by atoms with Gasteiger partial charge in [0.15, 0.2) is 5.65 Å². The molecule has 1 aliphatic heterocycles. The van der Waals surface area contributed by atoms with E-state index >= 15 is 0 Å². The Labute approximate surface area is 181 Å². The molecular weight excluding hydrogens is 405 g/mol. The van der Waals surface area contributed by atoms with Gasteiger partial charge >= 0.3 is 0 Å². The van der Waals surface area contributed by atoms with Gasteiger partial charge in [0.25, 0.3) is 0 Å². The third-order valence-electron chi connectivity index (χ3n) is 6.59. The first-order valence-electron chi connectivity index (χ1n) is 10.2. The van der Waals surface area contributed by atoms with Gasteiger partial charge in [0.1, 0.15) is 5.82 Å². The molecule has 2 aromatic heterocycles. The highest BCUT2D eigenvalue weighted by molar-refractivity contribution is 6.33. The Bertz CT molecular complexity index is 990. The van der Waals surface area contributed by atoms with Crippen molar-refractivity contribution in [2.24, 2.45) is 17.8 Å². The number of hydrogen-bond acceptors (Lipinski definition) is 4. The van der Waals surface area contributed by atoms with Gasteiger partial charge in [-0.25, -0.2) is 9.97 Å². The Morgan fingerprint density at radius 1 is 1.24 bits per heavy atom. The third-order valence-corrected chi connectivity index (χ3v) is 7.19. The third kappa shape index (κ3) is 3.77. The van der Waals surface area contributed by atoms with Gasteiger partial charge in [-0.2, -0.15) is 0 Å². The van der Waals surface area contributed by atoms with E-state index in [4.69, 9.17) is 23.2 Å². The second-order valence-corrected chi connectivity index (χ2v) is 9.39. The second-order valence-electron chi connectivity index (χ2n) is 8.55. The molecule has 1 saturated heterocycles. The fourth-order valence-corrected chi connectivity index (χ4v) is 5.26. The highest BCUT2D eigenvalue weighted by atomic mass is 35.5. The minimum Gasteiger partial charge on any atom is -0.339 e. The standard InChI is InChI=1S/C22H25Cl2N5/c1-13(21-26-20-4-3-7-25-22(20)27-21)29-11-17-16(18(17)12-29)10-28(2)9-14-8-15(23)5-6-19(14)24/h3-8,13,16-18H,9-12H2,1-2H3,(H,25,26,27)/t13?,16?,17-,18+. The molecule has 7 heteroatoms. The van der Waals surface area contributed by atoms with Crippen molar-refractivity contribution in [3.05, 3.63) is 58.0 Å². The predicted molar refractivity (Wildman–Crippen MR) is 117 cm³/mol. The Morgan fingerprint density at radius 2 is 2.03 bits per heavy atom. The van der Waals surface area contributed by atoms with E-state index in [1.165, 1.54) is 0 Å². The summed E-state index contributed by atoms with van der Waals surface area (Å²) in [6.07, 6.45) is 1.79. The summed E-state index contributed by atoms with van der Waals surface area (Å²) in [6, 6.07) is 9.96. The molecule has 1 aliphatic carbocycles. The average molecular weight is 430 g/mol. The van der Waals surface area contributed by atoms with Gasteiger partial charge in [0, 0.05) is 42.4 Å². The lowest BCUT2D eigenvalue weighted by molar-refractivity contribution is 0.200. The summed E-state index contributed by atoms with van der Waals surface area (Å²) >= 11 is 12.4. The minimum absolute atomic E-state index is 0.292. The normalized spacial score (nSPS) is 24.9. The van der Waals surface area contributed by atoms with E-state index in [0.29, 0.717) is 6.04 Å². The number of piperidine rings is 1. The zero-order valence-corrected chi connectivity index (χ0v) is 18.2. The number of benzene rings is 1. The number of pyridine rings is 1. The average Bonchev–Trinajstić information content (AvgIpc) is 3.07. The number of rotatable bonds is 6. The summed E-state index contributed by atoms with van der Waals surface area (Å²) in [5.74, 6) is 3.37. The number of halogens is 2. The van der Waals surface area contributed by atoms with Crippen LogP contribution in [0.4, 0.5) is 0 Å². The first kappa shape index (κ1) is 19.3. The van der Waals surface area contributed by atoms with Crippen LogP contribution < -0.4 is 0 Å². The SMILES string of the molecule is CC(c1nc2ncccc2[nH]1)N1C[C@@H]2C(CN(C)Cc3cc(Cl)ccc3Cl)[C@@H]2C1. The number of fused-ring (bicyclic) bond motifs is 2. The second kappa shape index (κ2) is 7.55. The molecule has 0 radical (unpaired) electrons. The zero-order valence-electron chi connectivity index (χ0n) is 16.6. The van der Waals surface area contributed by atoms with Gasteiger partial charge in [-0.1, -0.05) is 23.2 Å². The molecular formula is C22H25Cl2N5. The molecule has 4 atom stereocenters. The number of hydrogen-bond donors (Lipinski definition) is 1. The van der Waals surface area contributed by atoms with Crippen LogP contribution in [0.25, 0.3) is 11.2 Å². The number of aromatic amines is 1. The maximum atomic E-state index is 6.32. The Kier molecular flexibility index (Phi) is 5.03. The number of imidazole rings is 1. The molecule has 5 rings (SSSR count). The molecule has 152 valence electrons. The summed E-state index contributed by atoms with van der Waals surface area (Å²) in [5.41, 5.74) is 2.91. The van der Waals surface area contributed by atoms with Gasteiger partial charge in [0.2, 0.25) is 0 Å². The van der Waals surface area contributed by atoms with Crippen molar-refractivity contribution in [3.63, 3.8) is 0 Å². The van der Waals surface area contributed by atoms with Crippen LogP contribution in [0.5, 0.6) is 0 Å². The summed E-state index contributed by atoms with van der Waals surface area (Å²) < 4.78 is 0. The van der Waals surface area contributed by atoms with E-state index in [9.17, 15) is 0 Å². The molecule has 0 spiro atoms. The number of nitrogens with one attached hydrogen (secondary N) is 1. The van der Waals surface area contributed by atoms with Crippen LogP contribution >= 0.6 is 23.2 Å². The number of aromatic nitrogens is 3. The smallest absolute Gasteiger partial charge is 0.177 e. The molecule has 0 bridgehead atoms. The van der Waals surface area contributed by atoms with Gasteiger partial charge < -0.3 is 9.88 Å². The van der Waals surface area contributed by atoms with E-state index in [2.05, 4.69) is 38.7 Å². The number of nitrogens with zero attached hydrogens (tertiary/aromatic N) is 4. The van der Waals surface area contributed by atoms with Crippen molar-refractivity contribution >= 4 is 34.4 Å². The monoisotopic (exact) mass is 429 g/mol. The van der Waals surface area contributed by atoms with Crippen LogP contribution in [0.3, 0.4) is 0 Å². The van der Waals surface area contributed by atoms with Crippen molar-refractivity contribution in [2.75, 3.05) is 26.7 Å².